The molecule has 3 amide bonds. The molecule has 4 aliphatic heterocycles. The van der Waals surface area contributed by atoms with Crippen molar-refractivity contribution in [2.75, 3.05) is 47.9 Å². The van der Waals surface area contributed by atoms with E-state index in [1.165, 1.54) is 0 Å². The Bertz CT molecular complexity index is 3350. The number of carboxylic acid groups (broad SMARTS) is 2. The van der Waals surface area contributed by atoms with E-state index < -0.39 is 51.3 Å². The predicted molar refractivity (Wildman–Crippen MR) is 267 cm³/mol. The zero-order valence-corrected chi connectivity index (χ0v) is 41.1. The number of thiophene rings is 1. The normalized spacial score (nSPS) is 23.7. The Hall–Kier alpha value is -6.54. The minimum atomic E-state index is -3.77. The summed E-state index contributed by atoms with van der Waals surface area (Å²) in [5.41, 5.74) is 4.65. The second-order valence-corrected chi connectivity index (χ2v) is 23.4. The summed E-state index contributed by atoms with van der Waals surface area (Å²) < 4.78 is 41.8. The molecular formula is C51H49ClN6O11S2. The van der Waals surface area contributed by atoms with Crippen LogP contribution < -0.4 is 25.2 Å². The summed E-state index contributed by atoms with van der Waals surface area (Å²) in [6.07, 6.45) is 3.66. The van der Waals surface area contributed by atoms with Gasteiger partial charge in [0.1, 0.15) is 16.6 Å². The zero-order valence-electron chi connectivity index (χ0n) is 38.7. The minimum Gasteiger partial charge on any atom is -0.479 e. The molecule has 11 rings (SSSR count). The fourth-order valence-electron chi connectivity index (χ4n) is 11.8. The van der Waals surface area contributed by atoms with Crippen molar-refractivity contribution in [3.63, 3.8) is 0 Å². The quantitative estimate of drug-likeness (QED) is 0.0802. The van der Waals surface area contributed by atoms with Crippen LogP contribution in [-0.2, 0) is 30.2 Å². The molecule has 17 nitrogen and oxygen atoms in total. The minimum absolute atomic E-state index is 0.0133. The first-order valence-corrected chi connectivity index (χ1v) is 26.3. The van der Waals surface area contributed by atoms with Gasteiger partial charge in [-0.15, -0.1) is 11.3 Å². The average molecular weight is 1020 g/mol. The third-order valence-electron chi connectivity index (χ3n) is 15.2. The highest BCUT2D eigenvalue weighted by molar-refractivity contribution is 7.88. The van der Waals surface area contributed by atoms with Gasteiger partial charge in [0.05, 0.1) is 16.3 Å². The highest BCUT2D eigenvalue weighted by atomic mass is 35.5. The van der Waals surface area contributed by atoms with E-state index in [2.05, 4.69) is 35.4 Å². The van der Waals surface area contributed by atoms with Crippen molar-refractivity contribution in [1.29, 1.82) is 0 Å². The van der Waals surface area contributed by atoms with Gasteiger partial charge < -0.3 is 29.6 Å². The van der Waals surface area contributed by atoms with Crippen LogP contribution in [0.1, 0.15) is 89.4 Å². The molecular weight excluding hydrogens is 972 g/mol. The largest absolute Gasteiger partial charge is 0.479 e. The van der Waals surface area contributed by atoms with Crippen molar-refractivity contribution in [2.24, 2.45) is 10.8 Å². The number of carbonyl (C=O) groups excluding carboxylic acids is 3. The number of fused-ring (bicyclic) bond motifs is 3. The molecule has 0 radical (unpaired) electrons. The van der Waals surface area contributed by atoms with Crippen LogP contribution in [0.2, 0.25) is 5.02 Å². The van der Waals surface area contributed by atoms with Crippen LogP contribution in [0.15, 0.2) is 77.2 Å². The first-order valence-electron chi connectivity index (χ1n) is 23.5. The van der Waals surface area contributed by atoms with Crippen LogP contribution in [0.5, 0.6) is 5.75 Å². The van der Waals surface area contributed by atoms with E-state index in [1.807, 2.05) is 36.4 Å². The molecule has 5 aliphatic rings. The number of rotatable bonds is 13. The summed E-state index contributed by atoms with van der Waals surface area (Å²) in [4.78, 5) is 70.3. The van der Waals surface area contributed by atoms with E-state index >= 15 is 0 Å². The summed E-state index contributed by atoms with van der Waals surface area (Å²) in [7, 11) is -3.77. The Morgan fingerprint density at radius 1 is 0.972 bits per heavy atom. The number of hydrogen-bond acceptors (Lipinski definition) is 13. The number of oxazole rings is 1. The summed E-state index contributed by atoms with van der Waals surface area (Å²) in [5, 5.41) is 26.8. The number of piperidine rings is 3. The zero-order chi connectivity index (χ0) is 49.7. The van der Waals surface area contributed by atoms with E-state index in [-0.39, 0.29) is 58.0 Å². The number of amides is 3. The van der Waals surface area contributed by atoms with Crippen molar-refractivity contribution < 1.29 is 51.8 Å². The molecule has 6 aromatic rings. The van der Waals surface area contributed by atoms with Crippen molar-refractivity contribution in [1.82, 2.24) is 14.6 Å². The van der Waals surface area contributed by atoms with Gasteiger partial charge >= 0.3 is 11.9 Å². The number of carboxylic acids is 2. The summed E-state index contributed by atoms with van der Waals surface area (Å²) >= 11 is 7.50. The Labute approximate surface area is 416 Å². The number of carbonyl (C=O) groups is 5. The predicted octanol–water partition coefficient (Wildman–Crippen LogP) is 8.11. The number of imide groups is 1. The number of nitrogens with one attached hydrogen (secondary N) is 2. The van der Waals surface area contributed by atoms with Gasteiger partial charge in [-0.1, -0.05) is 61.8 Å². The lowest BCUT2D eigenvalue weighted by atomic mass is 9.73. The molecule has 368 valence electrons. The Morgan fingerprint density at radius 2 is 1.72 bits per heavy atom. The lowest BCUT2D eigenvalue weighted by Gasteiger charge is -2.49. The van der Waals surface area contributed by atoms with Crippen LogP contribution >= 0.6 is 22.9 Å². The van der Waals surface area contributed by atoms with Crippen LogP contribution in [0.25, 0.3) is 32.3 Å². The SMILES string of the molecule is CC12CCC(C)(CN(S(=O)(=O)Cc3ccc4oc(N5CCC(c6ccc7c8c(cccc68)C(=O)N7C6CCC(=O)NC6=O)CC5)nc4c3)C1)C2Nc1cccc(-c2sc(C(=O)O)c(OCC(=O)O)c2Cl)c1. The van der Waals surface area contributed by atoms with Gasteiger partial charge in [-0.05, 0) is 96.5 Å². The summed E-state index contributed by atoms with van der Waals surface area (Å²) in [5.74, 6) is -3.77. The number of sulfonamides is 1. The molecule has 4 aromatic carbocycles. The van der Waals surface area contributed by atoms with Crippen LogP contribution in [-0.4, -0.2) is 102 Å². The maximum atomic E-state index is 14.3. The molecule has 2 bridgehead atoms. The monoisotopic (exact) mass is 1020 g/mol. The van der Waals surface area contributed by atoms with Gasteiger partial charge in [0.15, 0.2) is 22.8 Å². The molecule has 6 heterocycles. The van der Waals surface area contributed by atoms with E-state index in [1.54, 1.807) is 39.5 Å². The molecule has 20 heteroatoms. The van der Waals surface area contributed by atoms with E-state index in [9.17, 15) is 37.5 Å². The number of aliphatic carboxylic acids is 1. The first-order chi connectivity index (χ1) is 33.9. The number of hydrogen-bond donors (Lipinski definition) is 4. The van der Waals surface area contributed by atoms with Gasteiger partial charge in [0.2, 0.25) is 21.8 Å². The maximum absolute atomic E-state index is 14.3. The van der Waals surface area contributed by atoms with Gasteiger partial charge in [0, 0.05) is 66.1 Å². The summed E-state index contributed by atoms with van der Waals surface area (Å²) in [6, 6.07) is 22.0. The second kappa shape index (κ2) is 17.3. The molecule has 1 aliphatic carbocycles. The van der Waals surface area contributed by atoms with Crippen LogP contribution in [0, 0.1) is 10.8 Å². The Morgan fingerprint density at radius 3 is 2.44 bits per heavy atom. The molecule has 2 aromatic heterocycles. The van der Waals surface area contributed by atoms with Crippen molar-refractivity contribution in [2.45, 2.75) is 76.1 Å². The van der Waals surface area contributed by atoms with Crippen molar-refractivity contribution >= 4 is 102 Å². The second-order valence-electron chi connectivity index (χ2n) is 20.0. The van der Waals surface area contributed by atoms with Gasteiger partial charge in [-0.2, -0.15) is 4.98 Å². The highest BCUT2D eigenvalue weighted by Crippen LogP contribution is 2.56. The summed E-state index contributed by atoms with van der Waals surface area (Å²) in [6.45, 7) is 5.45. The fraction of sp³-hybridized carbons (Fsp3) is 0.373. The smallest absolute Gasteiger partial charge is 0.349 e. The molecule has 71 heavy (non-hydrogen) atoms. The number of benzene rings is 4. The fourth-order valence-corrected chi connectivity index (χ4v) is 15.0. The number of anilines is 3. The molecule has 0 spiro atoms. The number of aromatic nitrogens is 1. The Kier molecular flexibility index (Phi) is 11.4. The topological polar surface area (TPSA) is 229 Å². The maximum Gasteiger partial charge on any atom is 0.349 e. The first kappa shape index (κ1) is 46.8. The highest BCUT2D eigenvalue weighted by Gasteiger charge is 2.58. The van der Waals surface area contributed by atoms with Crippen molar-refractivity contribution in [3.05, 3.63) is 99.4 Å². The number of halogens is 1. The van der Waals surface area contributed by atoms with E-state index in [0.29, 0.717) is 70.5 Å². The molecule has 3 unspecified atom stereocenters. The number of aromatic carboxylic acids is 1. The lowest BCUT2D eigenvalue weighted by molar-refractivity contribution is -0.139. The number of ether oxygens (including phenoxy) is 1. The molecule has 3 atom stereocenters. The van der Waals surface area contributed by atoms with E-state index in [4.69, 9.17) is 30.8 Å². The molecule has 4 fully saturated rings. The molecule has 3 saturated heterocycles. The molecule has 4 N–H and O–H groups in total. The number of nitrogens with zero attached hydrogens (tertiary/aromatic N) is 4. The third kappa shape index (κ3) is 8.15. The molecule has 1 saturated carbocycles. The van der Waals surface area contributed by atoms with Gasteiger partial charge in [0.25, 0.3) is 11.9 Å². The van der Waals surface area contributed by atoms with E-state index in [0.717, 1.165) is 59.0 Å². The Balaban J connectivity index is 0.751. The lowest BCUT2D eigenvalue weighted by Crippen LogP contribution is -2.59. The third-order valence-corrected chi connectivity index (χ3v) is 18.6. The van der Waals surface area contributed by atoms with Crippen molar-refractivity contribution in [3.8, 4) is 16.2 Å². The van der Waals surface area contributed by atoms with Crippen LogP contribution in [0.3, 0.4) is 0 Å². The van der Waals surface area contributed by atoms with Gasteiger partial charge in [-0.3, -0.25) is 24.6 Å². The average Bonchev–Trinajstić information content (AvgIpc) is 4.03. The van der Waals surface area contributed by atoms with Crippen LogP contribution in [0.4, 0.5) is 17.4 Å². The van der Waals surface area contributed by atoms with Gasteiger partial charge in [-0.25, -0.2) is 22.3 Å². The standard InChI is InChI=1S/C51H49ClN6O11S2/c1-50-17-18-51(2,48(50)53-30-6-3-5-29(22-30)43-41(52)42(68-23-39(60)61)44(70-43)47(64)65)26-57(25-50)71(66,67)24-27-9-13-37-34(21-27)54-49(69-37)56-19-15-28(16-20-56)31-10-11-35-40-32(31)7-4-8-33(40)46(63)58(35)36-12-14-38(59)55-45(36)62/h3-11,13,21-22,28,36,48,53H,12,14-20,23-26H2,1-2H3,(H,60,61)(H,64,65)(H,55,59,62).